The zero-order chi connectivity index (χ0) is 8.55. The molecule has 0 spiro atoms. The normalized spacial score (nSPS) is 10.5. The highest BCUT2D eigenvalue weighted by Gasteiger charge is 2.08. The average Bonchev–Trinajstić information content (AvgIpc) is 2.58. The molecule has 0 N–H and O–H groups in total. The van der Waals surface area contributed by atoms with Gasteiger partial charge in [0.05, 0.1) is 0 Å². The summed E-state index contributed by atoms with van der Waals surface area (Å²) in [6, 6.07) is 1.82. The molecule has 0 radical (unpaired) electrons. The molecule has 2 aromatic rings. The van der Waals surface area contributed by atoms with E-state index in [0.29, 0.717) is 15.4 Å². The minimum absolute atomic E-state index is 0.458. The van der Waals surface area contributed by atoms with Gasteiger partial charge in [0.15, 0.2) is 5.69 Å². The molecular formula is C6H5IN4O. The van der Waals surface area contributed by atoms with E-state index in [1.54, 1.807) is 4.68 Å². The Balaban J connectivity index is 2.43. The fourth-order valence-electron chi connectivity index (χ4n) is 0.839. The van der Waals surface area contributed by atoms with Gasteiger partial charge in [-0.15, -0.1) is 0 Å². The molecule has 2 aromatic heterocycles. The van der Waals surface area contributed by atoms with Crippen molar-refractivity contribution < 1.29 is 4.52 Å². The van der Waals surface area contributed by atoms with Gasteiger partial charge < -0.3 is 4.52 Å². The Kier molecular flexibility index (Phi) is 1.83. The fraction of sp³-hybridized carbons (Fsp3) is 0.167. The molecule has 6 heteroatoms. The predicted molar refractivity (Wildman–Crippen MR) is 49.2 cm³/mol. The van der Waals surface area contributed by atoms with E-state index >= 15 is 0 Å². The van der Waals surface area contributed by atoms with E-state index in [0.717, 1.165) is 0 Å². The zero-order valence-electron chi connectivity index (χ0n) is 6.23. The Hall–Kier alpha value is -0.920. The van der Waals surface area contributed by atoms with Crippen LogP contribution in [0.25, 0.3) is 11.6 Å². The van der Waals surface area contributed by atoms with Crippen molar-refractivity contribution in [1.82, 2.24) is 19.9 Å². The number of hydrogen-bond acceptors (Lipinski definition) is 4. The number of aryl methyl sites for hydroxylation is 1. The summed E-state index contributed by atoms with van der Waals surface area (Å²) in [7, 11) is 1.84. The third kappa shape index (κ3) is 1.33. The molecule has 0 amide bonds. The molecule has 2 heterocycles. The van der Waals surface area contributed by atoms with Gasteiger partial charge in [-0.2, -0.15) is 10.1 Å². The average molecular weight is 276 g/mol. The maximum absolute atomic E-state index is 4.92. The second kappa shape index (κ2) is 2.85. The highest BCUT2D eigenvalue weighted by atomic mass is 127. The van der Waals surface area contributed by atoms with E-state index in [9.17, 15) is 0 Å². The van der Waals surface area contributed by atoms with E-state index in [2.05, 4.69) is 15.2 Å². The van der Waals surface area contributed by atoms with Crippen LogP contribution in [0.5, 0.6) is 0 Å². The zero-order valence-corrected chi connectivity index (χ0v) is 8.39. The first-order chi connectivity index (χ1) is 5.75. The molecule has 0 saturated carbocycles. The van der Waals surface area contributed by atoms with Gasteiger partial charge in [-0.05, 0) is 6.07 Å². The molecule has 0 bridgehead atoms. The van der Waals surface area contributed by atoms with E-state index < -0.39 is 0 Å². The third-order valence-electron chi connectivity index (χ3n) is 1.33. The number of halogens is 1. The maximum atomic E-state index is 4.92. The Labute approximate surface area is 81.9 Å². The molecule has 0 unspecified atom stereocenters. The number of hydrogen-bond donors (Lipinski definition) is 0. The molecule has 2 rings (SSSR count). The first kappa shape index (κ1) is 7.71. The molecule has 0 atom stereocenters. The SMILES string of the molecule is Cn1ccc(-c2nc(I)no2)n1. The second-order valence-electron chi connectivity index (χ2n) is 2.24. The summed E-state index contributed by atoms with van der Waals surface area (Å²) in [6.07, 6.45) is 1.83. The van der Waals surface area contributed by atoms with Crippen molar-refractivity contribution in [3.8, 4) is 11.6 Å². The van der Waals surface area contributed by atoms with Gasteiger partial charge in [-0.3, -0.25) is 4.68 Å². The largest absolute Gasteiger partial charge is 0.331 e. The van der Waals surface area contributed by atoms with Crippen LogP contribution >= 0.6 is 22.6 Å². The van der Waals surface area contributed by atoms with Crippen LogP contribution in [0, 0.1) is 3.83 Å². The molecule has 0 aliphatic heterocycles. The molecule has 0 aliphatic carbocycles. The predicted octanol–water partition coefficient (Wildman–Crippen LogP) is 1.07. The van der Waals surface area contributed by atoms with Crippen molar-refractivity contribution in [2.45, 2.75) is 0 Å². The number of aromatic nitrogens is 4. The highest BCUT2D eigenvalue weighted by molar-refractivity contribution is 14.1. The third-order valence-corrected chi connectivity index (χ3v) is 1.77. The molecule has 5 nitrogen and oxygen atoms in total. The van der Waals surface area contributed by atoms with Crippen LogP contribution in [-0.4, -0.2) is 19.9 Å². The summed E-state index contributed by atoms with van der Waals surface area (Å²) in [6.45, 7) is 0. The molecular weight excluding hydrogens is 271 g/mol. The van der Waals surface area contributed by atoms with Gasteiger partial charge in [-0.25, -0.2) is 0 Å². The fourth-order valence-corrected chi connectivity index (χ4v) is 1.16. The van der Waals surface area contributed by atoms with Crippen molar-refractivity contribution in [2.24, 2.45) is 7.05 Å². The summed E-state index contributed by atoms with van der Waals surface area (Å²) in [5, 5.41) is 7.76. The minimum atomic E-state index is 0.458. The summed E-state index contributed by atoms with van der Waals surface area (Å²) >= 11 is 1.98. The lowest BCUT2D eigenvalue weighted by atomic mass is 10.4. The standard InChI is InChI=1S/C6H5IN4O/c1-11-3-2-4(9-11)5-8-6(7)10-12-5/h2-3H,1H3. The van der Waals surface area contributed by atoms with Gasteiger partial charge in [0.1, 0.15) is 0 Å². The Morgan fingerprint density at radius 1 is 1.58 bits per heavy atom. The summed E-state index contributed by atoms with van der Waals surface area (Å²) in [4.78, 5) is 4.03. The molecule has 12 heavy (non-hydrogen) atoms. The Morgan fingerprint density at radius 2 is 2.42 bits per heavy atom. The summed E-state index contributed by atoms with van der Waals surface area (Å²) in [5.41, 5.74) is 0.702. The van der Waals surface area contributed by atoms with Crippen LogP contribution in [-0.2, 0) is 7.05 Å². The van der Waals surface area contributed by atoms with Gasteiger partial charge in [0.25, 0.3) is 5.89 Å². The van der Waals surface area contributed by atoms with Crippen molar-refractivity contribution in [2.75, 3.05) is 0 Å². The van der Waals surface area contributed by atoms with E-state index in [1.807, 2.05) is 41.9 Å². The van der Waals surface area contributed by atoms with Gasteiger partial charge >= 0.3 is 0 Å². The van der Waals surface area contributed by atoms with Gasteiger partial charge in [0.2, 0.25) is 3.83 Å². The lowest BCUT2D eigenvalue weighted by Crippen LogP contribution is -1.87. The first-order valence-corrected chi connectivity index (χ1v) is 4.33. The highest BCUT2D eigenvalue weighted by Crippen LogP contribution is 2.13. The van der Waals surface area contributed by atoms with Crippen molar-refractivity contribution in [3.63, 3.8) is 0 Å². The lowest BCUT2D eigenvalue weighted by molar-refractivity contribution is 0.424. The van der Waals surface area contributed by atoms with Gasteiger partial charge in [-0.1, -0.05) is 5.16 Å². The van der Waals surface area contributed by atoms with Crippen LogP contribution in [0.3, 0.4) is 0 Å². The number of rotatable bonds is 1. The van der Waals surface area contributed by atoms with Crippen LogP contribution in [0.15, 0.2) is 16.8 Å². The first-order valence-electron chi connectivity index (χ1n) is 3.25. The number of nitrogens with zero attached hydrogens (tertiary/aromatic N) is 4. The second-order valence-corrected chi connectivity index (χ2v) is 3.21. The van der Waals surface area contributed by atoms with Gasteiger partial charge in [0, 0.05) is 35.8 Å². The minimum Gasteiger partial charge on any atom is -0.331 e. The summed E-state index contributed by atoms with van der Waals surface area (Å²) in [5.74, 6) is 0.458. The van der Waals surface area contributed by atoms with Crippen molar-refractivity contribution in [1.29, 1.82) is 0 Å². The van der Waals surface area contributed by atoms with Crippen LogP contribution < -0.4 is 0 Å². The lowest BCUT2D eigenvalue weighted by Gasteiger charge is -1.84. The van der Waals surface area contributed by atoms with E-state index in [1.165, 1.54) is 0 Å². The van der Waals surface area contributed by atoms with Crippen molar-refractivity contribution in [3.05, 3.63) is 16.1 Å². The molecule has 0 aliphatic rings. The van der Waals surface area contributed by atoms with Crippen molar-refractivity contribution >= 4 is 22.6 Å². The smallest absolute Gasteiger partial charge is 0.279 e. The van der Waals surface area contributed by atoms with E-state index in [4.69, 9.17) is 4.52 Å². The quantitative estimate of drug-likeness (QED) is 0.731. The van der Waals surface area contributed by atoms with Crippen LogP contribution in [0.2, 0.25) is 0 Å². The monoisotopic (exact) mass is 276 g/mol. The van der Waals surface area contributed by atoms with Crippen LogP contribution in [0.4, 0.5) is 0 Å². The molecule has 0 saturated heterocycles. The molecule has 0 fully saturated rings. The Morgan fingerprint density at radius 3 is 2.92 bits per heavy atom. The summed E-state index contributed by atoms with van der Waals surface area (Å²) < 4.78 is 7.20. The van der Waals surface area contributed by atoms with E-state index in [-0.39, 0.29) is 0 Å². The molecule has 0 aromatic carbocycles. The Bertz CT molecular complexity index is 355. The molecule has 62 valence electrons. The topological polar surface area (TPSA) is 56.7 Å². The van der Waals surface area contributed by atoms with Crippen LogP contribution in [0.1, 0.15) is 0 Å². The maximum Gasteiger partial charge on any atom is 0.279 e.